The maximum absolute atomic E-state index is 13.7. The number of aromatic nitrogens is 1. The molecule has 10 heteroatoms. The number of pyridine rings is 1. The minimum atomic E-state index is -5.33. The molecule has 6 nitrogen and oxygen atoms in total. The maximum Gasteiger partial charge on any atom is 0.437 e. The molecule has 0 radical (unpaired) electrons. The number of Topliss-reactive ketones (excluding diaryl/α,β-unsaturated/α-hetero) is 1. The molecule has 3 N–H and O–H groups in total. The van der Waals surface area contributed by atoms with Gasteiger partial charge < -0.3 is 15.7 Å². The Hall–Kier alpha value is -2.65. The van der Waals surface area contributed by atoms with Crippen LogP contribution in [-0.4, -0.2) is 33.8 Å². The minimum absolute atomic E-state index is 0.0400. The second-order valence-corrected chi connectivity index (χ2v) is 6.35. The number of halogens is 4. The van der Waals surface area contributed by atoms with Crippen LogP contribution in [0.4, 0.5) is 18.0 Å². The molecule has 0 aliphatic carbocycles. The number of amides is 2. The lowest BCUT2D eigenvalue weighted by Gasteiger charge is -2.45. The lowest BCUT2D eigenvalue weighted by Crippen LogP contribution is -2.72. The highest BCUT2D eigenvalue weighted by Crippen LogP contribution is 2.44. The highest BCUT2D eigenvalue weighted by molar-refractivity contribution is 6.31. The van der Waals surface area contributed by atoms with E-state index in [1.807, 2.05) is 0 Å². The summed E-state index contributed by atoms with van der Waals surface area (Å²) >= 11 is 6.07. The van der Waals surface area contributed by atoms with E-state index in [9.17, 15) is 27.9 Å². The highest BCUT2D eigenvalue weighted by atomic mass is 35.5. The molecule has 142 valence electrons. The molecule has 0 bridgehead atoms. The van der Waals surface area contributed by atoms with Crippen LogP contribution in [0, 0.1) is 5.92 Å². The van der Waals surface area contributed by atoms with E-state index in [4.69, 9.17) is 11.6 Å². The molecule has 1 saturated heterocycles. The molecule has 0 unspecified atom stereocenters. The van der Waals surface area contributed by atoms with Crippen LogP contribution in [0.2, 0.25) is 5.02 Å². The third kappa shape index (κ3) is 3.35. The number of ketones is 1. The molecular formula is C17H13ClF3N3O3. The Morgan fingerprint density at radius 1 is 1.22 bits per heavy atom. The van der Waals surface area contributed by atoms with Crippen LogP contribution in [-0.2, 0) is 0 Å². The Balaban J connectivity index is 2.19. The Morgan fingerprint density at radius 2 is 1.93 bits per heavy atom. The first-order valence-electron chi connectivity index (χ1n) is 7.71. The van der Waals surface area contributed by atoms with Crippen molar-refractivity contribution in [3.63, 3.8) is 0 Å². The first-order chi connectivity index (χ1) is 12.6. The topological polar surface area (TPSA) is 91.3 Å². The van der Waals surface area contributed by atoms with Crippen LogP contribution in [0.5, 0.6) is 0 Å². The summed E-state index contributed by atoms with van der Waals surface area (Å²) in [5.74, 6) is -3.19. The molecule has 1 aliphatic rings. The van der Waals surface area contributed by atoms with Gasteiger partial charge in [0.15, 0.2) is 5.78 Å². The molecule has 3 rings (SSSR count). The van der Waals surface area contributed by atoms with Gasteiger partial charge in [0.1, 0.15) is 5.92 Å². The monoisotopic (exact) mass is 399 g/mol. The van der Waals surface area contributed by atoms with Gasteiger partial charge >= 0.3 is 12.2 Å². The molecule has 1 aliphatic heterocycles. The molecule has 1 fully saturated rings. The molecule has 3 atom stereocenters. The fraction of sp³-hybridized carbons (Fsp3) is 0.235. The summed E-state index contributed by atoms with van der Waals surface area (Å²) in [7, 11) is 0. The molecule has 2 amide bonds. The molecule has 1 aromatic heterocycles. The van der Waals surface area contributed by atoms with Gasteiger partial charge in [0.2, 0.25) is 5.72 Å². The minimum Gasteiger partial charge on any atom is -0.363 e. The zero-order valence-electron chi connectivity index (χ0n) is 13.5. The fourth-order valence-corrected chi connectivity index (χ4v) is 3.27. The van der Waals surface area contributed by atoms with E-state index in [-0.39, 0.29) is 16.1 Å². The quantitative estimate of drug-likeness (QED) is 0.692. The summed E-state index contributed by atoms with van der Waals surface area (Å²) in [5.41, 5.74) is -3.88. The lowest BCUT2D eigenvalue weighted by atomic mass is 9.77. The Bertz CT molecular complexity index is 878. The number of aliphatic hydroxyl groups is 1. The smallest absolute Gasteiger partial charge is 0.363 e. The molecule has 27 heavy (non-hydrogen) atoms. The third-order valence-corrected chi connectivity index (χ3v) is 4.62. The standard InChI is InChI=1S/C17H13ClF3N3O3/c18-11-6-2-1-5-10(11)13-12(14(25)9-4-3-7-22-8-9)16(27,17(19,20)21)24-15(26)23-13/h1-8,12-13,27H,(H2,23,24,26)/t12-,13+,16+/m1/s1. The van der Waals surface area contributed by atoms with Crippen molar-refractivity contribution in [1.82, 2.24) is 15.6 Å². The first-order valence-corrected chi connectivity index (χ1v) is 8.09. The Morgan fingerprint density at radius 3 is 2.52 bits per heavy atom. The second-order valence-electron chi connectivity index (χ2n) is 5.95. The molecular weight excluding hydrogens is 387 g/mol. The van der Waals surface area contributed by atoms with Gasteiger partial charge in [-0.1, -0.05) is 29.8 Å². The largest absolute Gasteiger partial charge is 0.437 e. The second kappa shape index (κ2) is 6.82. The van der Waals surface area contributed by atoms with E-state index < -0.39 is 35.7 Å². The van der Waals surface area contributed by atoms with Crippen molar-refractivity contribution < 1.29 is 27.9 Å². The predicted octanol–water partition coefficient (Wildman–Crippen LogP) is 2.84. The zero-order chi connectivity index (χ0) is 19.8. The van der Waals surface area contributed by atoms with E-state index in [1.165, 1.54) is 41.8 Å². The molecule has 2 heterocycles. The lowest BCUT2D eigenvalue weighted by molar-refractivity contribution is -0.287. The van der Waals surface area contributed by atoms with Gasteiger partial charge in [-0.2, -0.15) is 13.2 Å². The number of alkyl halides is 3. The van der Waals surface area contributed by atoms with Gasteiger partial charge in [0, 0.05) is 23.0 Å². The van der Waals surface area contributed by atoms with Gasteiger partial charge in [-0.15, -0.1) is 0 Å². The fourth-order valence-electron chi connectivity index (χ4n) is 3.01. The van der Waals surface area contributed by atoms with Crippen molar-refractivity contribution in [1.29, 1.82) is 0 Å². The van der Waals surface area contributed by atoms with Crippen LogP contribution in [0.3, 0.4) is 0 Å². The van der Waals surface area contributed by atoms with Crippen LogP contribution in [0.25, 0.3) is 0 Å². The maximum atomic E-state index is 13.7. The summed E-state index contributed by atoms with van der Waals surface area (Å²) in [6.45, 7) is 0. The van der Waals surface area contributed by atoms with Crippen molar-refractivity contribution >= 4 is 23.4 Å². The number of nitrogens with zero attached hydrogens (tertiary/aromatic N) is 1. The summed E-state index contributed by atoms with van der Waals surface area (Å²) < 4.78 is 41.2. The van der Waals surface area contributed by atoms with Crippen molar-refractivity contribution in [3.8, 4) is 0 Å². The number of hydrogen-bond donors (Lipinski definition) is 3. The van der Waals surface area contributed by atoms with Crippen molar-refractivity contribution in [2.24, 2.45) is 5.92 Å². The summed E-state index contributed by atoms with van der Waals surface area (Å²) in [4.78, 5) is 28.5. The van der Waals surface area contributed by atoms with Gasteiger partial charge in [-0.3, -0.25) is 9.78 Å². The molecule has 2 aromatic rings. The predicted molar refractivity (Wildman–Crippen MR) is 88.9 cm³/mol. The van der Waals surface area contributed by atoms with Crippen molar-refractivity contribution in [2.75, 3.05) is 0 Å². The summed E-state index contributed by atoms with van der Waals surface area (Å²) in [6, 6.07) is 5.66. The Kier molecular flexibility index (Phi) is 4.83. The number of rotatable bonds is 3. The average Bonchev–Trinajstić information content (AvgIpc) is 2.61. The van der Waals surface area contributed by atoms with E-state index in [1.54, 1.807) is 6.07 Å². The van der Waals surface area contributed by atoms with E-state index in [0.717, 1.165) is 6.20 Å². The van der Waals surface area contributed by atoms with Crippen LogP contribution < -0.4 is 10.6 Å². The summed E-state index contributed by atoms with van der Waals surface area (Å²) in [6.07, 6.45) is -2.90. The van der Waals surface area contributed by atoms with E-state index >= 15 is 0 Å². The molecule has 0 saturated carbocycles. The number of carbonyl (C=O) groups excluding carboxylic acids is 2. The number of carbonyl (C=O) groups is 2. The highest BCUT2D eigenvalue weighted by Gasteiger charge is 2.66. The zero-order valence-corrected chi connectivity index (χ0v) is 14.3. The molecule has 0 spiro atoms. The van der Waals surface area contributed by atoms with Crippen LogP contribution in [0.1, 0.15) is 22.0 Å². The van der Waals surface area contributed by atoms with Gasteiger partial charge in [-0.25, -0.2) is 4.79 Å². The van der Waals surface area contributed by atoms with Crippen molar-refractivity contribution in [3.05, 3.63) is 64.9 Å². The van der Waals surface area contributed by atoms with Gasteiger partial charge in [0.05, 0.1) is 6.04 Å². The normalized spacial score (nSPS) is 25.4. The number of nitrogens with one attached hydrogen (secondary N) is 2. The number of hydrogen-bond acceptors (Lipinski definition) is 4. The SMILES string of the molecule is O=C1N[C@@H](c2ccccc2Cl)[C@H](C(=O)c2cccnc2)[C@](O)(C(F)(F)F)N1. The molecule has 1 aromatic carbocycles. The first kappa shape index (κ1) is 19.1. The van der Waals surface area contributed by atoms with Gasteiger partial charge in [0.25, 0.3) is 0 Å². The van der Waals surface area contributed by atoms with Crippen LogP contribution >= 0.6 is 11.6 Å². The average molecular weight is 400 g/mol. The Labute approximate surface area is 156 Å². The van der Waals surface area contributed by atoms with E-state index in [0.29, 0.717) is 0 Å². The van der Waals surface area contributed by atoms with Crippen molar-refractivity contribution in [2.45, 2.75) is 17.9 Å². The van der Waals surface area contributed by atoms with Gasteiger partial charge in [-0.05, 0) is 23.8 Å². The van der Waals surface area contributed by atoms with E-state index in [2.05, 4.69) is 10.3 Å². The number of benzene rings is 1. The summed E-state index contributed by atoms with van der Waals surface area (Å²) in [5, 5.41) is 14.2. The van der Waals surface area contributed by atoms with Crippen LogP contribution in [0.15, 0.2) is 48.8 Å². The number of urea groups is 1. The third-order valence-electron chi connectivity index (χ3n) is 4.28.